The monoisotopic (exact) mass is 358 g/mol. The van der Waals surface area contributed by atoms with Gasteiger partial charge in [-0.1, -0.05) is 12.2 Å². The summed E-state index contributed by atoms with van der Waals surface area (Å²) < 4.78 is 0. The fraction of sp³-hybridized carbons (Fsp3) is 0.105. The first-order valence-corrected chi connectivity index (χ1v) is 7.62. The van der Waals surface area contributed by atoms with Gasteiger partial charge in [-0.3, -0.25) is 4.79 Å². The lowest BCUT2D eigenvalue weighted by atomic mass is 9.98. The molecule has 0 fully saturated rings. The van der Waals surface area contributed by atoms with Crippen molar-refractivity contribution in [2.75, 3.05) is 0 Å². The molecule has 0 saturated carbocycles. The van der Waals surface area contributed by atoms with E-state index >= 15 is 0 Å². The number of aromatic hydroxyl groups is 3. The number of aliphatic hydroxyl groups is 3. The van der Waals surface area contributed by atoms with Crippen LogP contribution in [0.25, 0.3) is 6.08 Å². The van der Waals surface area contributed by atoms with Crippen molar-refractivity contribution < 1.29 is 35.4 Å². The van der Waals surface area contributed by atoms with Gasteiger partial charge in [0.05, 0.1) is 0 Å². The fourth-order valence-electron chi connectivity index (χ4n) is 2.21. The number of hydrogen-bond donors (Lipinski definition) is 6. The highest BCUT2D eigenvalue weighted by molar-refractivity contribution is 5.99. The molecule has 1 aromatic rings. The Morgan fingerprint density at radius 3 is 2.27 bits per heavy atom. The van der Waals surface area contributed by atoms with E-state index in [9.17, 15) is 35.4 Å². The molecule has 1 aromatic carbocycles. The molecule has 0 bridgehead atoms. The minimum absolute atomic E-state index is 0.199. The maximum Gasteiger partial charge on any atom is 0.200 e. The van der Waals surface area contributed by atoms with Gasteiger partial charge in [-0.25, -0.2) is 0 Å². The van der Waals surface area contributed by atoms with E-state index in [-0.39, 0.29) is 23.2 Å². The standard InChI is InChI=1S/C19H18O7/c20-13(4-1-11-3-6-15(22)16(23)7-11)10-14(21)5-2-12-8-17(24)19(26)18(25)9-12/h1-2,4-11,21-26H,3H2. The Bertz CT molecular complexity index is 834. The summed E-state index contributed by atoms with van der Waals surface area (Å²) in [4.78, 5) is 11.8. The van der Waals surface area contributed by atoms with Crippen LogP contribution in [0.2, 0.25) is 0 Å². The van der Waals surface area contributed by atoms with Crippen LogP contribution in [0.15, 0.2) is 65.9 Å². The average Bonchev–Trinajstić information content (AvgIpc) is 2.58. The molecule has 2 rings (SSSR count). The van der Waals surface area contributed by atoms with Gasteiger partial charge in [-0.15, -0.1) is 0 Å². The van der Waals surface area contributed by atoms with Crippen LogP contribution in [-0.2, 0) is 4.79 Å². The van der Waals surface area contributed by atoms with Crippen molar-refractivity contribution in [2.45, 2.75) is 6.42 Å². The highest BCUT2D eigenvalue weighted by atomic mass is 16.3. The van der Waals surface area contributed by atoms with Crippen molar-refractivity contribution in [2.24, 2.45) is 5.92 Å². The van der Waals surface area contributed by atoms with Crippen LogP contribution in [0.4, 0.5) is 0 Å². The third-order valence-corrected chi connectivity index (χ3v) is 3.55. The lowest BCUT2D eigenvalue weighted by Crippen LogP contribution is -2.02. The minimum atomic E-state index is -0.645. The predicted octanol–water partition coefficient (Wildman–Crippen LogP) is 3.29. The quantitative estimate of drug-likeness (QED) is 0.205. The number of allylic oxidation sites excluding steroid dienone is 6. The van der Waals surface area contributed by atoms with Gasteiger partial charge >= 0.3 is 0 Å². The second kappa shape index (κ2) is 7.98. The lowest BCUT2D eigenvalue weighted by Gasteiger charge is -2.11. The summed E-state index contributed by atoms with van der Waals surface area (Å²) in [6.45, 7) is 0. The molecular weight excluding hydrogens is 340 g/mol. The van der Waals surface area contributed by atoms with Gasteiger partial charge in [0, 0.05) is 12.0 Å². The summed E-state index contributed by atoms with van der Waals surface area (Å²) in [6.07, 6.45) is 9.52. The lowest BCUT2D eigenvalue weighted by molar-refractivity contribution is -0.110. The topological polar surface area (TPSA) is 138 Å². The number of carbonyl (C=O) groups excluding carboxylic acids is 1. The van der Waals surface area contributed by atoms with Gasteiger partial charge in [0.1, 0.15) is 5.76 Å². The Hall–Kier alpha value is -3.61. The summed E-state index contributed by atoms with van der Waals surface area (Å²) in [5, 5.41) is 56.4. The number of ketones is 1. The molecule has 0 aromatic heterocycles. The smallest absolute Gasteiger partial charge is 0.200 e. The molecule has 1 unspecified atom stereocenters. The predicted molar refractivity (Wildman–Crippen MR) is 94.9 cm³/mol. The van der Waals surface area contributed by atoms with Crippen LogP contribution in [0, 0.1) is 5.92 Å². The summed E-state index contributed by atoms with van der Waals surface area (Å²) in [6, 6.07) is 2.34. The molecule has 7 heteroatoms. The van der Waals surface area contributed by atoms with E-state index in [0.29, 0.717) is 12.0 Å². The van der Waals surface area contributed by atoms with E-state index in [2.05, 4.69) is 0 Å². The molecule has 6 N–H and O–H groups in total. The Kier molecular flexibility index (Phi) is 5.74. The number of rotatable bonds is 5. The largest absolute Gasteiger partial charge is 0.508 e. The SMILES string of the molecule is O=C(C=CC1C=C(O)C(O)=CC1)C=C(O)C=Cc1cc(O)c(O)c(O)c1. The number of phenolic OH excluding ortho intramolecular Hbond substituents is 3. The number of phenols is 3. The van der Waals surface area contributed by atoms with Crippen LogP contribution in [0.1, 0.15) is 12.0 Å². The van der Waals surface area contributed by atoms with Crippen molar-refractivity contribution in [3.63, 3.8) is 0 Å². The minimum Gasteiger partial charge on any atom is -0.508 e. The zero-order valence-electron chi connectivity index (χ0n) is 13.6. The molecule has 0 saturated heterocycles. The summed E-state index contributed by atoms with van der Waals surface area (Å²) in [5.41, 5.74) is 0.301. The van der Waals surface area contributed by atoms with E-state index in [1.807, 2.05) is 0 Å². The Labute approximate surface area is 149 Å². The summed E-state index contributed by atoms with van der Waals surface area (Å²) in [5.74, 6) is -3.22. The van der Waals surface area contributed by atoms with E-state index in [0.717, 1.165) is 6.08 Å². The molecule has 0 amide bonds. The van der Waals surface area contributed by atoms with Crippen molar-refractivity contribution in [1.29, 1.82) is 0 Å². The van der Waals surface area contributed by atoms with E-state index < -0.39 is 23.0 Å². The van der Waals surface area contributed by atoms with E-state index in [4.69, 9.17) is 0 Å². The van der Waals surface area contributed by atoms with Crippen molar-refractivity contribution in [3.8, 4) is 17.2 Å². The number of aliphatic hydroxyl groups excluding tert-OH is 3. The first-order chi connectivity index (χ1) is 12.3. The second-order valence-corrected chi connectivity index (χ2v) is 5.61. The van der Waals surface area contributed by atoms with E-state index in [1.54, 1.807) is 0 Å². The van der Waals surface area contributed by atoms with Crippen LogP contribution >= 0.6 is 0 Å². The van der Waals surface area contributed by atoms with Gasteiger partial charge in [-0.05, 0) is 48.4 Å². The maximum absolute atomic E-state index is 11.8. The number of hydrogen-bond acceptors (Lipinski definition) is 7. The van der Waals surface area contributed by atoms with Crippen molar-refractivity contribution in [1.82, 2.24) is 0 Å². The maximum atomic E-state index is 11.8. The first-order valence-electron chi connectivity index (χ1n) is 7.62. The van der Waals surface area contributed by atoms with Crippen molar-refractivity contribution >= 4 is 11.9 Å². The Morgan fingerprint density at radius 1 is 1.00 bits per heavy atom. The van der Waals surface area contributed by atoms with Gasteiger partial charge in [0.2, 0.25) is 0 Å². The Morgan fingerprint density at radius 2 is 1.65 bits per heavy atom. The molecule has 1 aliphatic rings. The highest BCUT2D eigenvalue weighted by Gasteiger charge is 2.12. The molecule has 0 radical (unpaired) electrons. The van der Waals surface area contributed by atoms with E-state index in [1.165, 1.54) is 48.6 Å². The molecule has 0 heterocycles. The molecule has 0 aliphatic heterocycles. The Balaban J connectivity index is 2.01. The zero-order valence-corrected chi connectivity index (χ0v) is 13.6. The molecular formula is C19H18O7. The van der Waals surface area contributed by atoms with Crippen LogP contribution in [-0.4, -0.2) is 36.4 Å². The molecule has 1 aliphatic carbocycles. The molecule has 1 atom stereocenters. The second-order valence-electron chi connectivity index (χ2n) is 5.61. The van der Waals surface area contributed by atoms with Gasteiger partial charge in [-0.2, -0.15) is 0 Å². The van der Waals surface area contributed by atoms with Gasteiger partial charge in [0.25, 0.3) is 0 Å². The molecule has 0 spiro atoms. The zero-order chi connectivity index (χ0) is 19.3. The average molecular weight is 358 g/mol. The highest BCUT2D eigenvalue weighted by Crippen LogP contribution is 2.35. The number of carbonyl (C=O) groups is 1. The fourth-order valence-corrected chi connectivity index (χ4v) is 2.21. The summed E-state index contributed by atoms with van der Waals surface area (Å²) >= 11 is 0. The molecule has 7 nitrogen and oxygen atoms in total. The van der Waals surface area contributed by atoms with Crippen LogP contribution in [0.5, 0.6) is 17.2 Å². The van der Waals surface area contributed by atoms with Crippen LogP contribution < -0.4 is 0 Å². The van der Waals surface area contributed by atoms with Crippen LogP contribution in [0.3, 0.4) is 0 Å². The third-order valence-electron chi connectivity index (χ3n) is 3.55. The third kappa shape index (κ3) is 4.94. The number of benzene rings is 1. The first kappa shape index (κ1) is 18.7. The van der Waals surface area contributed by atoms with Gasteiger partial charge in [0.15, 0.2) is 34.6 Å². The summed E-state index contributed by atoms with van der Waals surface area (Å²) in [7, 11) is 0. The van der Waals surface area contributed by atoms with Gasteiger partial charge < -0.3 is 30.6 Å². The molecule has 136 valence electrons. The normalized spacial score (nSPS) is 18.2. The molecule has 26 heavy (non-hydrogen) atoms. The van der Waals surface area contributed by atoms with Crippen molar-refractivity contribution in [3.05, 3.63) is 71.4 Å².